The smallest absolute Gasteiger partial charge is 0.133 e. The van der Waals surface area contributed by atoms with Crippen molar-refractivity contribution in [2.75, 3.05) is 19.8 Å². The van der Waals surface area contributed by atoms with Gasteiger partial charge in [-0.2, -0.15) is 16.9 Å². The van der Waals surface area contributed by atoms with Crippen LogP contribution in [0.5, 0.6) is 0 Å². The van der Waals surface area contributed by atoms with Crippen LogP contribution in [0.1, 0.15) is 0 Å². The predicted octanol–water partition coefficient (Wildman–Crippen LogP) is 0.717. The van der Waals surface area contributed by atoms with Crippen molar-refractivity contribution < 1.29 is 0 Å². The van der Waals surface area contributed by atoms with Gasteiger partial charge in [0.05, 0.1) is 11.8 Å². The molecule has 0 aliphatic carbocycles. The molecule has 1 aliphatic rings. The van der Waals surface area contributed by atoms with Gasteiger partial charge in [-0.15, -0.1) is 0 Å². The van der Waals surface area contributed by atoms with Gasteiger partial charge in [0, 0.05) is 7.05 Å². The third kappa shape index (κ3) is 1.47. The highest BCUT2D eigenvalue weighted by atomic mass is 32.2. The first-order chi connectivity index (χ1) is 4.88. The van der Waals surface area contributed by atoms with Crippen molar-refractivity contribution >= 4 is 17.6 Å². The van der Waals surface area contributed by atoms with Gasteiger partial charge in [0.15, 0.2) is 0 Å². The lowest BCUT2D eigenvalue weighted by Crippen LogP contribution is -2.34. The summed E-state index contributed by atoms with van der Waals surface area (Å²) in [6.45, 7) is 0.737. The van der Waals surface area contributed by atoms with Crippen LogP contribution in [-0.4, -0.2) is 30.9 Å². The molecule has 10 heavy (non-hydrogen) atoms. The molecule has 0 aromatic heterocycles. The Morgan fingerprint density at radius 2 is 2.60 bits per heavy atom. The highest BCUT2D eigenvalue weighted by Gasteiger charge is 2.16. The number of rotatable bonds is 1. The van der Waals surface area contributed by atoms with Gasteiger partial charge < -0.3 is 0 Å². The van der Waals surface area contributed by atoms with Gasteiger partial charge in [-0.3, -0.25) is 4.99 Å². The molecule has 4 nitrogen and oxygen atoms in total. The predicted molar refractivity (Wildman–Crippen MR) is 43.5 cm³/mol. The Bertz CT molecular complexity index is 165. The van der Waals surface area contributed by atoms with Gasteiger partial charge >= 0.3 is 0 Å². The Kier molecular flexibility index (Phi) is 2.68. The van der Waals surface area contributed by atoms with E-state index in [-0.39, 0.29) is 0 Å². The number of hydrogen-bond acceptors (Lipinski definition) is 4. The van der Waals surface area contributed by atoms with E-state index in [1.165, 1.54) is 0 Å². The van der Waals surface area contributed by atoms with Crippen LogP contribution in [0.25, 0.3) is 0 Å². The minimum absolute atomic E-state index is 0.363. The van der Waals surface area contributed by atoms with Crippen LogP contribution in [0, 0.1) is 0 Å². The molecule has 0 amide bonds. The first-order valence-electron chi connectivity index (χ1n) is 3.00. The zero-order valence-corrected chi connectivity index (χ0v) is 6.85. The van der Waals surface area contributed by atoms with Crippen molar-refractivity contribution in [1.29, 1.82) is 0 Å². The fourth-order valence-corrected chi connectivity index (χ4v) is 1.34. The van der Waals surface area contributed by atoms with Crippen molar-refractivity contribution in [3.63, 3.8) is 0 Å². The van der Waals surface area contributed by atoms with E-state index < -0.39 is 0 Å². The number of nitrogens with one attached hydrogen (secondary N) is 1. The summed E-state index contributed by atoms with van der Waals surface area (Å²) in [7, 11) is 1.76. The third-order valence-electron chi connectivity index (χ3n) is 1.31. The van der Waals surface area contributed by atoms with E-state index in [1.807, 2.05) is 6.26 Å². The van der Waals surface area contributed by atoms with Crippen LogP contribution in [0.4, 0.5) is 0 Å². The minimum Gasteiger partial charge on any atom is -0.273 e. The molecule has 5 heteroatoms. The maximum Gasteiger partial charge on any atom is 0.133 e. The normalized spacial score (nSPS) is 28.6. The molecule has 1 aliphatic heterocycles. The van der Waals surface area contributed by atoms with Crippen molar-refractivity contribution in [2.24, 2.45) is 15.3 Å². The van der Waals surface area contributed by atoms with Crippen LogP contribution >= 0.6 is 11.8 Å². The summed E-state index contributed by atoms with van der Waals surface area (Å²) < 4.78 is 0. The van der Waals surface area contributed by atoms with E-state index in [0.717, 1.165) is 12.4 Å². The Balaban J connectivity index is 2.63. The number of thioether (sulfide) groups is 1. The summed E-state index contributed by atoms with van der Waals surface area (Å²) in [5.41, 5.74) is 2.76. The molecule has 0 radical (unpaired) electrons. The topological polar surface area (TPSA) is 49.1 Å². The van der Waals surface area contributed by atoms with E-state index in [0.29, 0.717) is 5.25 Å². The van der Waals surface area contributed by atoms with Gasteiger partial charge in [-0.05, 0) is 6.26 Å². The van der Waals surface area contributed by atoms with Gasteiger partial charge in [0.2, 0.25) is 0 Å². The fraction of sp³-hybridized carbons (Fsp3) is 0.800. The molecule has 56 valence electrons. The molecule has 0 saturated heterocycles. The van der Waals surface area contributed by atoms with Crippen molar-refractivity contribution in [3.8, 4) is 0 Å². The van der Waals surface area contributed by atoms with E-state index in [4.69, 9.17) is 0 Å². The monoisotopic (exact) mass is 158 g/mol. The quantitative estimate of drug-likeness (QED) is 0.611. The van der Waals surface area contributed by atoms with Crippen molar-refractivity contribution in [3.05, 3.63) is 0 Å². The summed E-state index contributed by atoms with van der Waals surface area (Å²) >= 11 is 1.73. The Labute approximate surface area is 64.2 Å². The molecule has 0 aromatic rings. The maximum absolute atomic E-state index is 4.03. The van der Waals surface area contributed by atoms with Gasteiger partial charge in [-0.1, -0.05) is 5.22 Å². The third-order valence-corrected chi connectivity index (χ3v) is 2.25. The molecule has 1 N–H and O–H groups in total. The highest BCUT2D eigenvalue weighted by molar-refractivity contribution is 8.00. The second-order valence-electron chi connectivity index (χ2n) is 1.87. The molecule has 0 saturated carbocycles. The summed E-state index contributed by atoms with van der Waals surface area (Å²) in [6, 6.07) is 0. The first kappa shape index (κ1) is 7.53. The number of hydrogen-bond donors (Lipinski definition) is 1. The largest absolute Gasteiger partial charge is 0.273 e. The Morgan fingerprint density at radius 3 is 3.10 bits per heavy atom. The van der Waals surface area contributed by atoms with E-state index in [1.54, 1.807) is 18.8 Å². The van der Waals surface area contributed by atoms with Crippen LogP contribution in [0.15, 0.2) is 15.3 Å². The van der Waals surface area contributed by atoms with Crippen LogP contribution in [0.2, 0.25) is 0 Å². The Hall–Kier alpha value is -0.580. The number of aliphatic imine (C=N–C) groups is 1. The molecule has 1 atom stereocenters. The van der Waals surface area contributed by atoms with Crippen LogP contribution < -0.4 is 5.43 Å². The van der Waals surface area contributed by atoms with Gasteiger partial charge in [-0.25, -0.2) is 5.43 Å². The Morgan fingerprint density at radius 1 is 1.80 bits per heavy atom. The van der Waals surface area contributed by atoms with E-state index >= 15 is 0 Å². The molecule has 1 unspecified atom stereocenters. The lowest BCUT2D eigenvalue weighted by atomic mass is 10.4. The zero-order chi connectivity index (χ0) is 7.40. The van der Waals surface area contributed by atoms with Gasteiger partial charge in [0.1, 0.15) is 5.84 Å². The van der Waals surface area contributed by atoms with Crippen LogP contribution in [0.3, 0.4) is 0 Å². The zero-order valence-electron chi connectivity index (χ0n) is 6.03. The van der Waals surface area contributed by atoms with Crippen molar-refractivity contribution in [2.45, 2.75) is 5.25 Å². The van der Waals surface area contributed by atoms with Gasteiger partial charge in [0.25, 0.3) is 0 Å². The fourth-order valence-electron chi connectivity index (χ4n) is 0.740. The average Bonchev–Trinajstić information content (AvgIpc) is 2.04. The average molecular weight is 158 g/mol. The highest BCUT2D eigenvalue weighted by Crippen LogP contribution is 2.10. The number of amidine groups is 1. The molecule has 1 rings (SSSR count). The first-order valence-corrected chi connectivity index (χ1v) is 4.29. The number of nitrogens with zero attached hydrogens (tertiary/aromatic N) is 3. The lowest BCUT2D eigenvalue weighted by Gasteiger charge is -2.16. The summed E-state index contributed by atoms with van der Waals surface area (Å²) in [6.07, 6.45) is 2.04. The van der Waals surface area contributed by atoms with Crippen molar-refractivity contribution in [1.82, 2.24) is 5.43 Å². The molecule has 0 aromatic carbocycles. The second-order valence-corrected chi connectivity index (χ2v) is 2.91. The van der Waals surface area contributed by atoms with E-state index in [2.05, 4.69) is 20.8 Å². The maximum atomic E-state index is 4.03. The SMILES string of the molecule is CN=C1NN=NCC1SC. The summed E-state index contributed by atoms with van der Waals surface area (Å²) in [5.74, 6) is 0.919. The second kappa shape index (κ2) is 3.55. The molecular formula is C5H10N4S. The lowest BCUT2D eigenvalue weighted by molar-refractivity contribution is 0.762. The standard InChI is InChI=1S/C5H10N4S/c1-6-5-4(10-2)3-7-9-8-5/h4H,3H2,1-2H3,(H,6,7,8). The molecule has 1 heterocycles. The molecule has 0 fully saturated rings. The molecule has 0 bridgehead atoms. The summed E-state index contributed by atoms with van der Waals surface area (Å²) in [5, 5.41) is 7.86. The molecular weight excluding hydrogens is 148 g/mol. The minimum atomic E-state index is 0.363. The summed E-state index contributed by atoms with van der Waals surface area (Å²) in [4.78, 5) is 4.03. The van der Waals surface area contributed by atoms with Crippen LogP contribution in [-0.2, 0) is 0 Å². The molecule has 0 spiro atoms. The van der Waals surface area contributed by atoms with E-state index in [9.17, 15) is 0 Å².